The van der Waals surface area contributed by atoms with Gasteiger partial charge in [-0.2, -0.15) is 0 Å². The summed E-state index contributed by atoms with van der Waals surface area (Å²) in [5.74, 6) is -3.16. The van der Waals surface area contributed by atoms with E-state index < -0.39 is 72.4 Å². The van der Waals surface area contributed by atoms with Gasteiger partial charge in [-0.25, -0.2) is 14.8 Å². The van der Waals surface area contributed by atoms with Gasteiger partial charge in [-0.15, -0.1) is 11.6 Å². The largest absolute Gasteiger partial charge is 0.492 e. The summed E-state index contributed by atoms with van der Waals surface area (Å²) in [5.41, 5.74) is 8.08. The number of carboxylic acids is 1. The van der Waals surface area contributed by atoms with Crippen LogP contribution >= 0.6 is 11.6 Å². The number of aryl methyl sites for hydroxylation is 1. The predicted octanol–water partition coefficient (Wildman–Crippen LogP) is 4.69. The highest BCUT2D eigenvalue weighted by molar-refractivity contribution is 6.19. The molecular weight excluding hydrogens is 1320 g/mol. The third-order valence-electron chi connectivity index (χ3n) is 18.4. The number of aromatic amines is 1. The van der Waals surface area contributed by atoms with Gasteiger partial charge in [-0.05, 0) is 118 Å². The van der Waals surface area contributed by atoms with Gasteiger partial charge in [0, 0.05) is 117 Å². The van der Waals surface area contributed by atoms with Gasteiger partial charge < -0.3 is 94.4 Å². The number of hydrogen-bond acceptors (Lipinski definition) is 20. The lowest BCUT2D eigenvalue weighted by molar-refractivity contribution is -0.271. The van der Waals surface area contributed by atoms with Crippen LogP contribution in [-0.4, -0.2) is 234 Å². The molecule has 10 N–H and O–H groups in total. The van der Waals surface area contributed by atoms with Crippen LogP contribution in [0.25, 0.3) is 32.7 Å². The first kappa shape index (κ1) is 75.2. The summed E-state index contributed by atoms with van der Waals surface area (Å²) in [7, 11) is 7.77. The molecule has 10 rings (SSSR count). The number of benzene rings is 4. The minimum Gasteiger partial charge on any atom is -0.492 e. The standard InChI is InChI=1S/C72H93ClN12O16/c1-42(2)62(80-59(86)21-28-96-31-32-97-29-23-75-48-18-24-83(25-19-48)60(87)20-26-84-49(40-82(7)74-4)34-45-11-10-22-76-67(45)84)69(92)77-43(3)68(91)79-54-16-14-44(33-58(54)100-72-65(90)63(88)64(89)66(101-72)71(94)95)41-99-57-37-56-61(52-13-9-8-12-51(52)57)47(38-73)39-85(56)70(93)55-36-46-35-50(15-17-53(46)78-55)98-30-27-81(5)6/h8-17,22,33-37,42-43,47-48,62-66,72,74-75,78,88-90H,18-21,23-32,38-41H2,1-7H3,(H,77,92)(H,79,91)(H,80,86)(H,94,95)/t43-,47+,62-,63-,64-,65+,66-,72+/m0/s1. The summed E-state index contributed by atoms with van der Waals surface area (Å²) in [6.07, 6.45) is -6.15. The molecule has 3 aromatic heterocycles. The first-order chi connectivity index (χ1) is 48.6. The van der Waals surface area contributed by atoms with Crippen molar-refractivity contribution in [2.75, 3.05) is 110 Å². The number of carbonyl (C=O) groups is 6. The van der Waals surface area contributed by atoms with Gasteiger partial charge in [0.2, 0.25) is 29.9 Å². The average Bonchev–Trinajstić information content (AvgIpc) is 1.61. The van der Waals surface area contributed by atoms with E-state index in [2.05, 4.69) is 47.3 Å². The molecule has 0 aliphatic carbocycles. The molecule has 0 saturated carbocycles. The molecular formula is C72H93ClN12O16. The van der Waals surface area contributed by atoms with Gasteiger partial charge in [0.25, 0.3) is 5.91 Å². The molecule has 2 saturated heterocycles. The number of aromatic nitrogens is 3. The van der Waals surface area contributed by atoms with Crippen LogP contribution in [0.5, 0.6) is 17.2 Å². The fraction of sp³-hybridized carbons (Fsp3) is 0.486. The number of halogens is 1. The number of carboxylic acid groups (broad SMARTS) is 1. The molecule has 0 spiro atoms. The van der Waals surface area contributed by atoms with Crippen molar-refractivity contribution in [2.24, 2.45) is 5.92 Å². The van der Waals surface area contributed by atoms with Crippen LogP contribution in [0.2, 0.25) is 0 Å². The van der Waals surface area contributed by atoms with Crippen LogP contribution in [0.15, 0.2) is 97.2 Å². The van der Waals surface area contributed by atoms with Crippen LogP contribution in [0.3, 0.4) is 0 Å². The maximum atomic E-state index is 14.6. The number of aliphatic hydroxyl groups excluding tert-OH is 3. The molecule has 7 aromatic rings. The number of ether oxygens (including phenoxy) is 6. The van der Waals surface area contributed by atoms with Crippen molar-refractivity contribution < 1.29 is 77.6 Å². The second-order valence-corrected chi connectivity index (χ2v) is 26.6. The highest BCUT2D eigenvalue weighted by Gasteiger charge is 2.48. The number of hydrazine groups is 1. The molecule has 0 unspecified atom stereocenters. The number of alkyl halides is 1. The monoisotopic (exact) mass is 1420 g/mol. The summed E-state index contributed by atoms with van der Waals surface area (Å²) < 4.78 is 37.7. The van der Waals surface area contributed by atoms with Crippen LogP contribution in [-0.2, 0) is 57.9 Å². The Balaban J connectivity index is 0.703. The summed E-state index contributed by atoms with van der Waals surface area (Å²) in [6, 6.07) is 25.3. The number of likely N-dealkylation sites (N-methyl/N-ethyl adjacent to an activating group) is 1. The molecule has 3 aliphatic rings. The number of aliphatic hydroxyl groups is 3. The first-order valence-corrected chi connectivity index (χ1v) is 34.7. The number of rotatable bonds is 34. The average molecular weight is 1420 g/mol. The number of aliphatic carboxylic acids is 1. The zero-order valence-corrected chi connectivity index (χ0v) is 58.7. The number of pyridine rings is 1. The van der Waals surface area contributed by atoms with E-state index >= 15 is 0 Å². The predicted molar refractivity (Wildman–Crippen MR) is 379 cm³/mol. The number of amides is 5. The molecule has 6 heterocycles. The highest BCUT2D eigenvalue weighted by Crippen LogP contribution is 2.46. The smallest absolute Gasteiger partial charge is 0.335 e. The number of anilines is 2. The zero-order chi connectivity index (χ0) is 72.0. The number of fused-ring (bicyclic) bond motifs is 5. The second kappa shape index (κ2) is 34.9. The summed E-state index contributed by atoms with van der Waals surface area (Å²) in [5, 5.41) is 59.2. The van der Waals surface area contributed by atoms with Crippen LogP contribution in [0.1, 0.15) is 79.7 Å². The normalized spacial score (nSPS) is 19.3. The molecule has 2 fully saturated rings. The molecule has 0 bridgehead atoms. The number of H-pyrrole nitrogens is 1. The molecule has 3 aliphatic heterocycles. The number of carbonyl (C=O) groups excluding carboxylic acids is 5. The molecule has 29 heteroatoms. The van der Waals surface area contributed by atoms with E-state index in [0.717, 1.165) is 63.4 Å². The fourth-order valence-electron chi connectivity index (χ4n) is 12.7. The van der Waals surface area contributed by atoms with Crippen molar-refractivity contribution in [3.05, 3.63) is 120 Å². The van der Waals surface area contributed by atoms with E-state index in [-0.39, 0.29) is 67.3 Å². The van der Waals surface area contributed by atoms with E-state index in [1.54, 1.807) is 43.1 Å². The lowest BCUT2D eigenvalue weighted by Crippen LogP contribution is -2.61. The van der Waals surface area contributed by atoms with Gasteiger partial charge in [-0.3, -0.25) is 29.4 Å². The number of hydrogen-bond donors (Lipinski definition) is 10. The Morgan fingerprint density at radius 3 is 2.29 bits per heavy atom. The van der Waals surface area contributed by atoms with Gasteiger partial charge >= 0.3 is 5.97 Å². The minimum absolute atomic E-state index is 0.0360. The van der Waals surface area contributed by atoms with Crippen LogP contribution in [0.4, 0.5) is 11.4 Å². The summed E-state index contributed by atoms with van der Waals surface area (Å²) in [6.45, 7) is 10.5. The van der Waals surface area contributed by atoms with Gasteiger partial charge in [-0.1, -0.05) is 44.2 Å². The Morgan fingerprint density at radius 1 is 0.792 bits per heavy atom. The summed E-state index contributed by atoms with van der Waals surface area (Å²) in [4.78, 5) is 94.6. The first-order valence-electron chi connectivity index (χ1n) is 34.2. The topological polar surface area (TPSA) is 345 Å². The summed E-state index contributed by atoms with van der Waals surface area (Å²) >= 11 is 6.65. The van der Waals surface area contributed by atoms with Crippen molar-refractivity contribution in [3.63, 3.8) is 0 Å². The number of nitrogens with zero attached hydrogens (tertiary/aromatic N) is 6. The van der Waals surface area contributed by atoms with Crippen molar-refractivity contribution in [1.29, 1.82) is 0 Å². The third-order valence-corrected chi connectivity index (χ3v) is 18.8. The van der Waals surface area contributed by atoms with Gasteiger partial charge in [0.05, 0.1) is 44.3 Å². The molecule has 28 nitrogen and oxygen atoms in total. The fourth-order valence-corrected chi connectivity index (χ4v) is 13.0. The second-order valence-electron chi connectivity index (χ2n) is 26.3. The molecule has 101 heavy (non-hydrogen) atoms. The van der Waals surface area contributed by atoms with Crippen molar-refractivity contribution >= 4 is 91.2 Å². The molecule has 5 amide bonds. The van der Waals surface area contributed by atoms with E-state index in [1.165, 1.54) is 19.1 Å². The lowest BCUT2D eigenvalue weighted by Gasteiger charge is -2.38. The van der Waals surface area contributed by atoms with E-state index in [9.17, 15) is 49.2 Å². The molecule has 544 valence electrons. The Hall–Kier alpha value is -8.52. The Kier molecular flexibility index (Phi) is 26.0. The number of likely N-dealkylation sites (tertiary alicyclic amines) is 1. The molecule has 8 atom stereocenters. The van der Waals surface area contributed by atoms with E-state index in [4.69, 9.17) is 40.0 Å². The van der Waals surface area contributed by atoms with E-state index in [0.29, 0.717) is 94.0 Å². The van der Waals surface area contributed by atoms with Gasteiger partial charge in [0.1, 0.15) is 72.2 Å². The van der Waals surface area contributed by atoms with Gasteiger partial charge in [0.15, 0.2) is 6.10 Å². The number of nitrogens with one attached hydrogen (secondary N) is 6. The van der Waals surface area contributed by atoms with Crippen LogP contribution < -0.4 is 45.8 Å². The van der Waals surface area contributed by atoms with Crippen molar-refractivity contribution in [1.82, 2.24) is 50.7 Å². The SMILES string of the molecule is CNN(C)Cc1cc2cccnc2n1CCC(=O)N1CCC(NCCOCCOCCC(=O)N[C@H](C(=O)N[C@@H](C)C(=O)Nc2ccc(COc3cc4c(c5ccccc35)[C@H](CCl)CN4C(=O)c3cc4cc(OCCN(C)C)ccc4[nH]3)cc2O[C@@H]2O[C@H](C(=O)O)[C@@H](O)[C@H](O)[C@H]2O)C(C)C)CC1. The Labute approximate surface area is 590 Å². The maximum absolute atomic E-state index is 14.6. The molecule has 0 radical (unpaired) electrons. The Morgan fingerprint density at radius 2 is 1.55 bits per heavy atom. The maximum Gasteiger partial charge on any atom is 0.335 e. The quantitative estimate of drug-likeness (QED) is 0.0149. The minimum atomic E-state index is -2.02. The molecule has 4 aromatic carbocycles. The highest BCUT2D eigenvalue weighted by atomic mass is 35.5. The zero-order valence-electron chi connectivity index (χ0n) is 58.0. The van der Waals surface area contributed by atoms with E-state index in [1.807, 2.05) is 97.6 Å². The Bertz CT molecular complexity index is 4030. The van der Waals surface area contributed by atoms with Crippen LogP contribution in [0, 0.1) is 5.92 Å². The van der Waals surface area contributed by atoms with Crippen molar-refractivity contribution in [3.8, 4) is 17.2 Å². The lowest BCUT2D eigenvalue weighted by atomic mass is 9.95. The third kappa shape index (κ3) is 18.8. The van der Waals surface area contributed by atoms with Crippen molar-refractivity contribution in [2.45, 2.75) is 121 Å². The number of piperidine rings is 1.